The van der Waals surface area contributed by atoms with Gasteiger partial charge in [-0.05, 0) is 26.0 Å². The smallest absolute Gasteiger partial charge is 0.226 e. The zero-order valence-corrected chi connectivity index (χ0v) is 10.2. The molecule has 0 heterocycles. The number of nitrogens with two attached hydrogens (primary N) is 1. The van der Waals surface area contributed by atoms with E-state index in [1.54, 1.807) is 13.8 Å². The van der Waals surface area contributed by atoms with Crippen molar-refractivity contribution in [3.05, 3.63) is 24.0 Å². The first kappa shape index (κ1) is 13.4. The minimum absolute atomic E-state index is 0.0924. The topological polar surface area (TPSA) is 64.3 Å². The van der Waals surface area contributed by atoms with Crippen LogP contribution >= 0.6 is 0 Å². The lowest BCUT2D eigenvalue weighted by Gasteiger charge is -2.17. The number of carbonyl (C=O) groups excluding carboxylic acids is 1. The van der Waals surface area contributed by atoms with E-state index in [9.17, 15) is 9.18 Å². The lowest BCUT2D eigenvalue weighted by molar-refractivity contribution is -0.117. The van der Waals surface area contributed by atoms with Crippen molar-refractivity contribution >= 4 is 11.6 Å². The molecule has 0 aliphatic heterocycles. The number of benzene rings is 1. The molecule has 0 atom stereocenters. The van der Waals surface area contributed by atoms with Crippen molar-refractivity contribution in [2.24, 2.45) is 5.73 Å². The highest BCUT2D eigenvalue weighted by molar-refractivity contribution is 5.91. The number of ether oxygens (including phenoxy) is 1. The van der Waals surface area contributed by atoms with Gasteiger partial charge in [0.2, 0.25) is 5.91 Å². The molecule has 0 spiro atoms. The molecule has 0 aromatic heterocycles. The summed E-state index contributed by atoms with van der Waals surface area (Å²) in [6, 6.07) is 4.14. The number of carbonyl (C=O) groups is 1. The summed E-state index contributed by atoms with van der Waals surface area (Å²) in [6.45, 7) is 3.52. The van der Waals surface area contributed by atoms with Crippen molar-refractivity contribution in [1.29, 1.82) is 0 Å². The number of hydrogen-bond donors (Lipinski definition) is 2. The van der Waals surface area contributed by atoms with E-state index in [4.69, 9.17) is 10.5 Å². The number of methoxy groups -OCH3 is 1. The molecule has 1 aromatic rings. The molecular formula is C12H17FN2O2. The quantitative estimate of drug-likeness (QED) is 0.844. The maximum Gasteiger partial charge on any atom is 0.226 e. The second-order valence-corrected chi connectivity index (χ2v) is 4.56. The van der Waals surface area contributed by atoms with Crippen molar-refractivity contribution in [2.75, 3.05) is 12.4 Å². The van der Waals surface area contributed by atoms with Gasteiger partial charge in [0.05, 0.1) is 7.11 Å². The number of rotatable bonds is 4. The molecule has 5 heteroatoms. The first-order chi connectivity index (χ1) is 7.81. The number of anilines is 1. The molecule has 1 rings (SSSR count). The van der Waals surface area contributed by atoms with Crippen LogP contribution in [0.4, 0.5) is 10.1 Å². The zero-order valence-electron chi connectivity index (χ0n) is 10.2. The molecule has 0 saturated carbocycles. The van der Waals surface area contributed by atoms with Crippen LogP contribution in [0.5, 0.6) is 5.75 Å². The summed E-state index contributed by atoms with van der Waals surface area (Å²) in [4.78, 5) is 11.6. The maximum atomic E-state index is 13.1. The van der Waals surface area contributed by atoms with Crippen LogP contribution in [-0.2, 0) is 4.79 Å². The predicted octanol–water partition coefficient (Wildman–Crippen LogP) is 1.90. The third kappa shape index (κ3) is 4.40. The Morgan fingerprint density at radius 2 is 2.18 bits per heavy atom. The van der Waals surface area contributed by atoms with Gasteiger partial charge in [-0.25, -0.2) is 4.39 Å². The fraction of sp³-hybridized carbons (Fsp3) is 0.417. The van der Waals surface area contributed by atoms with E-state index in [2.05, 4.69) is 5.32 Å². The van der Waals surface area contributed by atoms with Gasteiger partial charge >= 0.3 is 0 Å². The van der Waals surface area contributed by atoms with Crippen molar-refractivity contribution in [3.63, 3.8) is 0 Å². The highest BCUT2D eigenvalue weighted by atomic mass is 19.1. The van der Waals surface area contributed by atoms with E-state index in [1.165, 1.54) is 25.3 Å². The molecule has 0 saturated heterocycles. The second-order valence-electron chi connectivity index (χ2n) is 4.56. The Balaban J connectivity index is 2.72. The highest BCUT2D eigenvalue weighted by Gasteiger charge is 2.16. The van der Waals surface area contributed by atoms with Gasteiger partial charge in [-0.3, -0.25) is 4.79 Å². The number of nitrogens with one attached hydrogen (secondary N) is 1. The van der Waals surface area contributed by atoms with Gasteiger partial charge in [-0.2, -0.15) is 0 Å². The van der Waals surface area contributed by atoms with E-state index < -0.39 is 11.4 Å². The van der Waals surface area contributed by atoms with Gasteiger partial charge in [0, 0.05) is 23.7 Å². The minimum atomic E-state index is -0.575. The van der Waals surface area contributed by atoms with Gasteiger partial charge in [-0.15, -0.1) is 0 Å². The van der Waals surface area contributed by atoms with Crippen LogP contribution in [-0.4, -0.2) is 18.6 Å². The average molecular weight is 240 g/mol. The van der Waals surface area contributed by atoms with Crippen LogP contribution in [0.15, 0.2) is 18.2 Å². The van der Waals surface area contributed by atoms with Gasteiger partial charge < -0.3 is 15.8 Å². The molecule has 1 aromatic carbocycles. The Kier molecular flexibility index (Phi) is 4.07. The minimum Gasteiger partial charge on any atom is -0.494 e. The summed E-state index contributed by atoms with van der Waals surface area (Å²) in [7, 11) is 1.37. The Hall–Kier alpha value is -1.62. The molecular weight excluding hydrogens is 223 g/mol. The van der Waals surface area contributed by atoms with E-state index in [0.29, 0.717) is 5.69 Å². The maximum absolute atomic E-state index is 13.1. The molecule has 1 amide bonds. The van der Waals surface area contributed by atoms with Crippen molar-refractivity contribution < 1.29 is 13.9 Å². The van der Waals surface area contributed by atoms with Crippen molar-refractivity contribution in [2.45, 2.75) is 25.8 Å². The molecule has 0 unspecified atom stereocenters. The first-order valence-electron chi connectivity index (χ1n) is 5.24. The van der Waals surface area contributed by atoms with Crippen LogP contribution in [0.3, 0.4) is 0 Å². The number of halogens is 1. The fourth-order valence-electron chi connectivity index (χ4n) is 1.36. The average Bonchev–Trinajstić information content (AvgIpc) is 2.18. The molecule has 0 radical (unpaired) electrons. The fourth-order valence-corrected chi connectivity index (χ4v) is 1.36. The summed E-state index contributed by atoms with van der Waals surface area (Å²) >= 11 is 0. The Labute approximate surface area is 100.0 Å². The number of hydrogen-bond acceptors (Lipinski definition) is 3. The molecule has 0 fully saturated rings. The van der Waals surface area contributed by atoms with Gasteiger partial charge in [0.15, 0.2) is 11.6 Å². The highest BCUT2D eigenvalue weighted by Crippen LogP contribution is 2.21. The number of amides is 1. The predicted molar refractivity (Wildman–Crippen MR) is 64.5 cm³/mol. The third-order valence-electron chi connectivity index (χ3n) is 2.05. The normalized spacial score (nSPS) is 11.1. The van der Waals surface area contributed by atoms with Gasteiger partial charge in [-0.1, -0.05) is 0 Å². The van der Waals surface area contributed by atoms with Crippen molar-refractivity contribution in [1.82, 2.24) is 0 Å². The SMILES string of the molecule is COc1cc(NC(=O)CC(C)(C)N)ccc1F. The van der Waals surface area contributed by atoms with Gasteiger partial charge in [0.25, 0.3) is 0 Å². The molecule has 0 aliphatic carbocycles. The van der Waals surface area contributed by atoms with Gasteiger partial charge in [0.1, 0.15) is 0 Å². The van der Waals surface area contributed by atoms with Crippen LogP contribution < -0.4 is 15.8 Å². The van der Waals surface area contributed by atoms with Crippen LogP contribution in [0.25, 0.3) is 0 Å². The lowest BCUT2D eigenvalue weighted by Crippen LogP contribution is -2.36. The third-order valence-corrected chi connectivity index (χ3v) is 2.05. The van der Waals surface area contributed by atoms with E-state index in [1.807, 2.05) is 0 Å². The summed E-state index contributed by atoms with van der Waals surface area (Å²) in [5, 5.41) is 2.63. The molecule has 0 aliphatic rings. The molecule has 0 bridgehead atoms. The summed E-state index contributed by atoms with van der Waals surface area (Å²) in [5.74, 6) is -0.592. The van der Waals surface area contributed by atoms with E-state index >= 15 is 0 Å². The van der Waals surface area contributed by atoms with E-state index in [-0.39, 0.29) is 18.1 Å². The second kappa shape index (κ2) is 5.14. The lowest BCUT2D eigenvalue weighted by atomic mass is 10.0. The molecule has 3 N–H and O–H groups in total. The summed E-state index contributed by atoms with van der Waals surface area (Å²) in [5.41, 5.74) is 5.63. The summed E-state index contributed by atoms with van der Waals surface area (Å²) in [6.07, 6.45) is 0.187. The summed E-state index contributed by atoms with van der Waals surface area (Å²) < 4.78 is 17.9. The Morgan fingerprint density at radius 1 is 1.53 bits per heavy atom. The van der Waals surface area contributed by atoms with Crippen LogP contribution in [0.2, 0.25) is 0 Å². The van der Waals surface area contributed by atoms with Crippen LogP contribution in [0, 0.1) is 5.82 Å². The van der Waals surface area contributed by atoms with Crippen molar-refractivity contribution in [3.8, 4) is 5.75 Å². The molecule has 4 nitrogen and oxygen atoms in total. The standard InChI is InChI=1S/C12H17FN2O2/c1-12(2,14)7-11(16)15-8-4-5-9(13)10(6-8)17-3/h4-6H,7,14H2,1-3H3,(H,15,16). The largest absolute Gasteiger partial charge is 0.494 e. The zero-order chi connectivity index (χ0) is 13.1. The Morgan fingerprint density at radius 3 is 2.71 bits per heavy atom. The first-order valence-corrected chi connectivity index (χ1v) is 5.24. The van der Waals surface area contributed by atoms with Crippen LogP contribution in [0.1, 0.15) is 20.3 Å². The molecule has 94 valence electrons. The Bertz CT molecular complexity index is 413. The monoisotopic (exact) mass is 240 g/mol. The molecule has 17 heavy (non-hydrogen) atoms. The van der Waals surface area contributed by atoms with E-state index in [0.717, 1.165) is 0 Å².